The molecule has 0 unspecified atom stereocenters. The van der Waals surface area contributed by atoms with Crippen molar-refractivity contribution in [2.45, 2.75) is 10.6 Å². The highest BCUT2D eigenvalue weighted by Crippen LogP contribution is 2.20. The van der Waals surface area contributed by atoms with E-state index in [1.165, 1.54) is 59.9 Å². The Morgan fingerprint density at radius 3 is 2.17 bits per heavy atom. The molecule has 1 aliphatic heterocycles. The van der Waals surface area contributed by atoms with E-state index in [0.29, 0.717) is 24.3 Å². The van der Waals surface area contributed by atoms with Gasteiger partial charge in [-0.1, -0.05) is 12.1 Å². The Balaban J connectivity index is 1.67. The number of esters is 1. The summed E-state index contributed by atoms with van der Waals surface area (Å²) in [6.07, 6.45) is 0. The summed E-state index contributed by atoms with van der Waals surface area (Å²) in [4.78, 5) is 11.5. The van der Waals surface area contributed by atoms with Crippen LogP contribution in [0.2, 0.25) is 0 Å². The van der Waals surface area contributed by atoms with Gasteiger partial charge in [-0.05, 0) is 42.0 Å². The minimum absolute atomic E-state index is 0.0887. The van der Waals surface area contributed by atoms with Gasteiger partial charge in [0.05, 0.1) is 36.5 Å². The quantitative estimate of drug-likeness (QED) is 0.629. The molecule has 0 saturated carbocycles. The predicted octanol–water partition coefficient (Wildman–Crippen LogP) is 1.44. The second-order valence-corrected chi connectivity index (χ2v) is 10.3. The third kappa shape index (κ3) is 5.36. The van der Waals surface area contributed by atoms with E-state index in [1.807, 2.05) is 0 Å². The lowest BCUT2D eigenvalue weighted by Gasteiger charge is -2.26. The number of hydrogen-bond acceptors (Lipinski definition) is 7. The summed E-state index contributed by atoms with van der Waals surface area (Å²) in [6, 6.07) is 11.6. The number of nitrogens with zero attached hydrogens (tertiary/aromatic N) is 1. The largest absolute Gasteiger partial charge is 0.465 e. The Kier molecular flexibility index (Phi) is 6.76. The van der Waals surface area contributed by atoms with Crippen molar-refractivity contribution in [2.24, 2.45) is 0 Å². The fraction of sp³-hybridized carbons (Fsp3) is 0.316. The summed E-state index contributed by atoms with van der Waals surface area (Å²) >= 11 is 0. The number of carbonyl (C=O) groups is 1. The van der Waals surface area contributed by atoms with Crippen LogP contribution in [0.15, 0.2) is 53.4 Å². The maximum atomic E-state index is 12.6. The van der Waals surface area contributed by atoms with E-state index in [9.17, 15) is 21.6 Å². The molecule has 1 N–H and O–H groups in total. The molecule has 1 heterocycles. The Bertz CT molecular complexity index is 1090. The molecule has 2 aromatic carbocycles. The first-order chi connectivity index (χ1) is 14.2. The number of ether oxygens (including phenoxy) is 2. The maximum Gasteiger partial charge on any atom is 0.337 e. The van der Waals surface area contributed by atoms with Crippen LogP contribution in [0.3, 0.4) is 0 Å². The molecular weight excluding hydrogens is 432 g/mol. The highest BCUT2D eigenvalue weighted by atomic mass is 32.2. The highest BCUT2D eigenvalue weighted by Gasteiger charge is 2.26. The van der Waals surface area contributed by atoms with Gasteiger partial charge >= 0.3 is 5.97 Å². The lowest BCUT2D eigenvalue weighted by atomic mass is 10.1. The van der Waals surface area contributed by atoms with Crippen molar-refractivity contribution in [2.75, 3.05) is 38.1 Å². The summed E-state index contributed by atoms with van der Waals surface area (Å²) < 4.78 is 63.6. The fourth-order valence-corrected chi connectivity index (χ4v) is 5.53. The van der Waals surface area contributed by atoms with Gasteiger partial charge in [-0.3, -0.25) is 4.72 Å². The number of methoxy groups -OCH3 is 1. The van der Waals surface area contributed by atoms with Crippen molar-refractivity contribution in [3.05, 3.63) is 59.7 Å². The number of hydrogen-bond donors (Lipinski definition) is 1. The Labute approximate surface area is 175 Å². The molecule has 0 spiro atoms. The van der Waals surface area contributed by atoms with Crippen molar-refractivity contribution in [3.63, 3.8) is 0 Å². The SMILES string of the molecule is COC(=O)c1ccc(CS(=O)(=O)Nc2ccc(S(=O)(=O)N3CCOCC3)cc2)cc1. The van der Waals surface area contributed by atoms with E-state index in [2.05, 4.69) is 9.46 Å². The van der Waals surface area contributed by atoms with Crippen LogP contribution in [0.1, 0.15) is 15.9 Å². The van der Waals surface area contributed by atoms with Gasteiger partial charge in [-0.2, -0.15) is 4.31 Å². The van der Waals surface area contributed by atoms with Gasteiger partial charge in [-0.15, -0.1) is 0 Å². The average molecular weight is 455 g/mol. The Morgan fingerprint density at radius 2 is 1.60 bits per heavy atom. The number of carbonyl (C=O) groups excluding carboxylic acids is 1. The molecule has 0 radical (unpaired) electrons. The molecule has 0 aliphatic carbocycles. The third-order valence-electron chi connectivity index (χ3n) is 4.47. The minimum Gasteiger partial charge on any atom is -0.465 e. The van der Waals surface area contributed by atoms with Crippen LogP contribution in [0.5, 0.6) is 0 Å². The van der Waals surface area contributed by atoms with Crippen LogP contribution in [0.25, 0.3) is 0 Å². The number of sulfonamides is 2. The molecular formula is C19H22N2O7S2. The first kappa shape index (κ1) is 22.2. The number of rotatable bonds is 7. The molecule has 1 saturated heterocycles. The van der Waals surface area contributed by atoms with Gasteiger partial charge in [-0.25, -0.2) is 21.6 Å². The molecule has 2 aromatic rings. The van der Waals surface area contributed by atoms with Crippen LogP contribution < -0.4 is 4.72 Å². The van der Waals surface area contributed by atoms with Crippen LogP contribution >= 0.6 is 0 Å². The summed E-state index contributed by atoms with van der Waals surface area (Å²) in [6.45, 7) is 1.26. The molecule has 0 amide bonds. The minimum atomic E-state index is -3.74. The lowest BCUT2D eigenvalue weighted by Crippen LogP contribution is -2.40. The Morgan fingerprint density at radius 1 is 1.00 bits per heavy atom. The van der Waals surface area contributed by atoms with Crippen molar-refractivity contribution in [3.8, 4) is 0 Å². The molecule has 30 heavy (non-hydrogen) atoms. The monoisotopic (exact) mass is 454 g/mol. The van der Waals surface area contributed by atoms with Gasteiger partial charge in [0.2, 0.25) is 20.0 Å². The normalized spacial score (nSPS) is 15.5. The summed E-state index contributed by atoms with van der Waals surface area (Å²) in [5.41, 5.74) is 1.06. The second-order valence-electron chi connectivity index (χ2n) is 6.59. The summed E-state index contributed by atoms with van der Waals surface area (Å²) in [7, 11) is -6.12. The van der Waals surface area contributed by atoms with Crippen LogP contribution in [-0.2, 0) is 35.3 Å². The summed E-state index contributed by atoms with van der Waals surface area (Å²) in [5, 5.41) is 0. The predicted molar refractivity (Wildman–Crippen MR) is 110 cm³/mol. The van der Waals surface area contributed by atoms with Crippen molar-refractivity contribution in [1.82, 2.24) is 4.31 Å². The number of anilines is 1. The Hall–Kier alpha value is -2.47. The molecule has 0 aromatic heterocycles. The molecule has 3 rings (SSSR count). The molecule has 1 fully saturated rings. The van der Waals surface area contributed by atoms with Crippen molar-refractivity contribution < 1.29 is 31.1 Å². The summed E-state index contributed by atoms with van der Waals surface area (Å²) in [5.74, 6) is -0.808. The van der Waals surface area contributed by atoms with Crippen LogP contribution in [0, 0.1) is 0 Å². The van der Waals surface area contributed by atoms with Gasteiger partial charge in [0.1, 0.15) is 0 Å². The molecule has 162 valence electrons. The first-order valence-electron chi connectivity index (χ1n) is 9.07. The molecule has 9 nitrogen and oxygen atoms in total. The van der Waals surface area contributed by atoms with Crippen LogP contribution in [-0.4, -0.2) is 60.5 Å². The molecule has 11 heteroatoms. The van der Waals surface area contributed by atoms with E-state index in [-0.39, 0.29) is 29.4 Å². The third-order valence-corrected chi connectivity index (χ3v) is 7.64. The molecule has 1 aliphatic rings. The fourth-order valence-electron chi connectivity index (χ4n) is 2.92. The van der Waals surface area contributed by atoms with E-state index in [0.717, 1.165) is 0 Å². The number of morpholine rings is 1. The van der Waals surface area contributed by atoms with E-state index < -0.39 is 26.0 Å². The maximum absolute atomic E-state index is 12.6. The topological polar surface area (TPSA) is 119 Å². The van der Waals surface area contributed by atoms with Crippen LogP contribution in [0.4, 0.5) is 5.69 Å². The first-order valence-corrected chi connectivity index (χ1v) is 12.2. The van der Waals surface area contributed by atoms with E-state index in [1.54, 1.807) is 0 Å². The van der Waals surface area contributed by atoms with Crippen molar-refractivity contribution in [1.29, 1.82) is 0 Å². The highest BCUT2D eigenvalue weighted by molar-refractivity contribution is 7.92. The number of benzene rings is 2. The smallest absolute Gasteiger partial charge is 0.337 e. The zero-order valence-corrected chi connectivity index (χ0v) is 17.9. The zero-order valence-electron chi connectivity index (χ0n) is 16.3. The molecule has 0 atom stereocenters. The van der Waals surface area contributed by atoms with Gasteiger partial charge in [0, 0.05) is 18.8 Å². The van der Waals surface area contributed by atoms with Gasteiger partial charge in [0.15, 0.2) is 0 Å². The molecule has 0 bridgehead atoms. The average Bonchev–Trinajstić information content (AvgIpc) is 2.74. The standard InChI is InChI=1S/C19H22N2O7S2/c1-27-19(22)16-4-2-15(3-5-16)14-29(23,24)20-17-6-8-18(9-7-17)30(25,26)21-10-12-28-13-11-21/h2-9,20H,10-14H2,1H3. The van der Waals surface area contributed by atoms with Gasteiger partial charge < -0.3 is 9.47 Å². The lowest BCUT2D eigenvalue weighted by molar-refractivity contribution is 0.0600. The van der Waals surface area contributed by atoms with Crippen molar-refractivity contribution >= 4 is 31.7 Å². The van der Waals surface area contributed by atoms with E-state index >= 15 is 0 Å². The van der Waals surface area contributed by atoms with Gasteiger partial charge in [0.25, 0.3) is 0 Å². The zero-order chi connectivity index (χ0) is 21.8. The number of nitrogens with one attached hydrogen (secondary N) is 1. The van der Waals surface area contributed by atoms with E-state index in [4.69, 9.17) is 4.74 Å². The second kappa shape index (κ2) is 9.13.